The Balaban J connectivity index is 1.43. The number of rotatable bonds is 6. The summed E-state index contributed by atoms with van der Waals surface area (Å²) in [5, 5.41) is 4.03. The van der Waals surface area contributed by atoms with Crippen LogP contribution in [-0.4, -0.2) is 56.0 Å². The third-order valence-corrected chi connectivity index (χ3v) is 6.89. The quantitative estimate of drug-likeness (QED) is 0.679. The summed E-state index contributed by atoms with van der Waals surface area (Å²) < 4.78 is 14.8. The number of primary amides is 1. The van der Waals surface area contributed by atoms with Crippen LogP contribution in [0.5, 0.6) is 0 Å². The number of nitrogens with zero attached hydrogens (tertiary/aromatic N) is 2. The molecule has 1 radical (unpaired) electrons. The van der Waals surface area contributed by atoms with Crippen LogP contribution in [0.25, 0.3) is 0 Å². The van der Waals surface area contributed by atoms with Crippen LogP contribution in [0.3, 0.4) is 0 Å². The van der Waals surface area contributed by atoms with Crippen molar-refractivity contribution < 1.29 is 14.0 Å². The van der Waals surface area contributed by atoms with Crippen molar-refractivity contribution in [3.8, 4) is 0 Å². The molecule has 2 aromatic rings. The van der Waals surface area contributed by atoms with Crippen molar-refractivity contribution in [1.82, 2.24) is 10.2 Å². The van der Waals surface area contributed by atoms with Gasteiger partial charge in [-0.2, -0.15) is 0 Å². The van der Waals surface area contributed by atoms with Crippen LogP contribution in [0.1, 0.15) is 24.0 Å². The summed E-state index contributed by atoms with van der Waals surface area (Å²) in [6.45, 7) is 5.16. The van der Waals surface area contributed by atoms with Gasteiger partial charge in [-0.3, -0.25) is 9.59 Å². The summed E-state index contributed by atoms with van der Waals surface area (Å²) in [4.78, 5) is 28.7. The van der Waals surface area contributed by atoms with Gasteiger partial charge < -0.3 is 20.9 Å². The number of carbonyl (C=O) groups is 2. The molecule has 2 unspecified atom stereocenters. The fourth-order valence-corrected chi connectivity index (χ4v) is 4.86. The van der Waals surface area contributed by atoms with Gasteiger partial charge in [0, 0.05) is 62.5 Å². The molecule has 2 aliphatic rings. The van der Waals surface area contributed by atoms with E-state index in [9.17, 15) is 14.0 Å². The predicted molar refractivity (Wildman–Crippen MR) is 128 cm³/mol. The maximum absolute atomic E-state index is 14.8. The molecule has 2 aromatic carbocycles. The normalized spacial score (nSPS) is 21.8. The van der Waals surface area contributed by atoms with Crippen molar-refractivity contribution in [2.75, 3.05) is 44.2 Å². The Bertz CT molecular complexity index is 1010. The number of para-hydroxylation sites is 1. The molecular formula is C25H29ClFN4O2. The Hall–Kier alpha value is -2.64. The molecule has 33 heavy (non-hydrogen) atoms. The van der Waals surface area contributed by atoms with Crippen molar-refractivity contribution >= 4 is 29.1 Å². The molecule has 3 atom stereocenters. The molecule has 2 fully saturated rings. The molecule has 0 bridgehead atoms. The topological polar surface area (TPSA) is 78.7 Å². The molecule has 6 nitrogen and oxygen atoms in total. The lowest BCUT2D eigenvalue weighted by molar-refractivity contribution is -0.135. The summed E-state index contributed by atoms with van der Waals surface area (Å²) in [7, 11) is 0. The molecule has 3 N–H and O–H groups in total. The van der Waals surface area contributed by atoms with Gasteiger partial charge in [0.2, 0.25) is 11.8 Å². The standard InChI is InChI=1S/C25H29ClFN4O2/c1-16(24(28)32)13-18-3-2-4-22(27)23(18)30-9-11-31(12-10-30)25(33)21-15-29-14-20(21)17-5-7-19(26)8-6-17/h2-8,13,16,20-21,29H,9-12,14-15H2,1H3,(H2,28,32)/t16?,20?,21-/m1/s1. The lowest BCUT2D eigenvalue weighted by Gasteiger charge is -2.38. The number of hydrogen-bond donors (Lipinski definition) is 2. The minimum Gasteiger partial charge on any atom is -0.369 e. The minimum atomic E-state index is -0.506. The van der Waals surface area contributed by atoms with Crippen LogP contribution in [0, 0.1) is 24.1 Å². The number of nitrogens with one attached hydrogen (secondary N) is 1. The van der Waals surface area contributed by atoms with Crippen LogP contribution in [-0.2, 0) is 9.59 Å². The molecule has 4 rings (SSSR count). The molecule has 2 saturated heterocycles. The van der Waals surface area contributed by atoms with Crippen molar-refractivity contribution in [3.05, 3.63) is 70.9 Å². The Morgan fingerprint density at radius 1 is 1.12 bits per heavy atom. The summed E-state index contributed by atoms with van der Waals surface area (Å²) >= 11 is 6.02. The summed E-state index contributed by atoms with van der Waals surface area (Å²) in [5.74, 6) is -1.21. The average Bonchev–Trinajstić information content (AvgIpc) is 3.29. The monoisotopic (exact) mass is 471 g/mol. The van der Waals surface area contributed by atoms with Gasteiger partial charge in [0.15, 0.2) is 0 Å². The number of nitrogens with two attached hydrogens (primary N) is 1. The molecule has 2 aliphatic heterocycles. The van der Waals surface area contributed by atoms with E-state index in [1.165, 1.54) is 6.07 Å². The Morgan fingerprint density at radius 2 is 1.82 bits per heavy atom. The number of amides is 2. The summed E-state index contributed by atoms with van der Waals surface area (Å²) in [5.41, 5.74) is 7.60. The van der Waals surface area contributed by atoms with Crippen molar-refractivity contribution in [3.63, 3.8) is 0 Å². The van der Waals surface area contributed by atoms with E-state index in [0.717, 1.165) is 12.1 Å². The van der Waals surface area contributed by atoms with Crippen LogP contribution >= 0.6 is 11.6 Å². The highest BCUT2D eigenvalue weighted by Gasteiger charge is 2.37. The van der Waals surface area contributed by atoms with Crippen molar-refractivity contribution in [2.45, 2.75) is 12.8 Å². The third-order valence-electron chi connectivity index (χ3n) is 6.63. The molecule has 0 aliphatic carbocycles. The molecule has 0 saturated carbocycles. The SMILES string of the molecule is CC([CH]c1cccc(F)c1N1CCN(C(=O)[C@@H]2CNCC2c2ccc(Cl)cc2)CC1)C(N)=O. The molecule has 175 valence electrons. The van der Waals surface area contributed by atoms with Gasteiger partial charge in [0.05, 0.1) is 11.6 Å². The molecule has 8 heteroatoms. The molecule has 2 heterocycles. The zero-order valence-corrected chi connectivity index (χ0v) is 19.4. The second-order valence-electron chi connectivity index (χ2n) is 8.77. The van der Waals surface area contributed by atoms with E-state index in [1.54, 1.807) is 25.5 Å². The van der Waals surface area contributed by atoms with E-state index in [1.807, 2.05) is 34.1 Å². The van der Waals surface area contributed by atoms with Gasteiger partial charge in [0.1, 0.15) is 5.82 Å². The lowest BCUT2D eigenvalue weighted by Crippen LogP contribution is -2.51. The fourth-order valence-electron chi connectivity index (χ4n) is 4.73. The molecule has 0 spiro atoms. The van der Waals surface area contributed by atoms with Gasteiger partial charge in [-0.05, 0) is 29.3 Å². The first-order valence-electron chi connectivity index (χ1n) is 11.3. The largest absolute Gasteiger partial charge is 0.369 e. The summed E-state index contributed by atoms with van der Waals surface area (Å²) in [6, 6.07) is 12.5. The predicted octanol–water partition coefficient (Wildman–Crippen LogP) is 2.80. The smallest absolute Gasteiger partial charge is 0.227 e. The number of anilines is 1. The molecule has 2 amide bonds. The Morgan fingerprint density at radius 3 is 2.48 bits per heavy atom. The van der Waals surface area contributed by atoms with Crippen molar-refractivity contribution in [1.29, 1.82) is 0 Å². The zero-order valence-electron chi connectivity index (χ0n) is 18.6. The van der Waals surface area contributed by atoms with Crippen LogP contribution in [0.4, 0.5) is 10.1 Å². The Labute approximate surface area is 198 Å². The van der Waals surface area contributed by atoms with Crippen LogP contribution < -0.4 is 16.0 Å². The van der Waals surface area contributed by atoms with Gasteiger partial charge in [0.25, 0.3) is 0 Å². The molecular weight excluding hydrogens is 443 g/mol. The van der Waals surface area contributed by atoms with Gasteiger partial charge in [-0.15, -0.1) is 0 Å². The Kier molecular flexibility index (Phi) is 7.20. The average molecular weight is 472 g/mol. The third kappa shape index (κ3) is 5.14. The van der Waals surface area contributed by atoms with Crippen molar-refractivity contribution in [2.24, 2.45) is 17.6 Å². The van der Waals surface area contributed by atoms with Gasteiger partial charge in [-0.1, -0.05) is 42.8 Å². The van der Waals surface area contributed by atoms with E-state index < -0.39 is 11.8 Å². The number of carbonyl (C=O) groups excluding carboxylic acids is 2. The van der Waals surface area contributed by atoms with E-state index >= 15 is 0 Å². The second kappa shape index (κ2) is 10.1. The van der Waals surface area contributed by atoms with E-state index in [0.29, 0.717) is 49.0 Å². The highest BCUT2D eigenvalue weighted by molar-refractivity contribution is 6.30. The molecule has 0 aromatic heterocycles. The first kappa shape index (κ1) is 23.5. The number of hydrogen-bond acceptors (Lipinski definition) is 4. The second-order valence-corrected chi connectivity index (χ2v) is 9.21. The van der Waals surface area contributed by atoms with Gasteiger partial charge in [-0.25, -0.2) is 4.39 Å². The maximum Gasteiger partial charge on any atom is 0.227 e. The lowest BCUT2D eigenvalue weighted by atomic mass is 9.88. The first-order chi connectivity index (χ1) is 15.8. The highest BCUT2D eigenvalue weighted by Crippen LogP contribution is 2.32. The van der Waals surface area contributed by atoms with Gasteiger partial charge >= 0.3 is 0 Å². The highest BCUT2D eigenvalue weighted by atomic mass is 35.5. The number of benzene rings is 2. The van der Waals surface area contributed by atoms with E-state index in [4.69, 9.17) is 17.3 Å². The van der Waals surface area contributed by atoms with Crippen LogP contribution in [0.2, 0.25) is 5.02 Å². The maximum atomic E-state index is 14.8. The van der Waals surface area contributed by atoms with E-state index in [-0.39, 0.29) is 23.6 Å². The number of halogens is 2. The summed E-state index contributed by atoms with van der Waals surface area (Å²) in [6.07, 6.45) is 1.69. The first-order valence-corrected chi connectivity index (χ1v) is 11.7. The minimum absolute atomic E-state index is 0.107. The zero-order chi connectivity index (χ0) is 23.5. The fraction of sp³-hybridized carbons (Fsp3) is 0.400. The van der Waals surface area contributed by atoms with Crippen LogP contribution in [0.15, 0.2) is 42.5 Å². The van der Waals surface area contributed by atoms with E-state index in [2.05, 4.69) is 5.32 Å². The number of piperazine rings is 1.